The van der Waals surface area contributed by atoms with E-state index in [2.05, 4.69) is 34.9 Å². The maximum Gasteiger partial charge on any atom is 0.407 e. The largest absolute Gasteiger partial charge is 0.480 e. The smallest absolute Gasteiger partial charge is 0.407 e. The van der Waals surface area contributed by atoms with Crippen molar-refractivity contribution < 1.29 is 24.2 Å². The number of alkyl carbamates (subject to hydrolysis) is 1. The molecule has 180 valence electrons. The number of carbonyl (C=O) groups is 3. The number of carboxylic acids is 1. The predicted octanol–water partition coefficient (Wildman–Crippen LogP) is 4.25. The van der Waals surface area contributed by atoms with Crippen molar-refractivity contribution in [2.75, 3.05) is 6.61 Å². The molecule has 0 fully saturated rings. The Bertz CT molecular complexity index is 1180. The molecule has 0 bridgehead atoms. The van der Waals surface area contributed by atoms with E-state index in [4.69, 9.17) is 4.74 Å². The van der Waals surface area contributed by atoms with Crippen molar-refractivity contribution in [2.45, 2.75) is 38.3 Å². The molecule has 0 heterocycles. The van der Waals surface area contributed by atoms with Crippen molar-refractivity contribution in [3.63, 3.8) is 0 Å². The number of aliphatic carboxylic acids is 1. The second-order valence-corrected chi connectivity index (χ2v) is 8.51. The highest BCUT2D eigenvalue weighted by molar-refractivity contribution is 5.83. The van der Waals surface area contributed by atoms with Gasteiger partial charge in [0.2, 0.25) is 5.91 Å². The van der Waals surface area contributed by atoms with Gasteiger partial charge in [0, 0.05) is 25.3 Å². The van der Waals surface area contributed by atoms with Crippen LogP contribution in [0.25, 0.3) is 11.1 Å². The van der Waals surface area contributed by atoms with Crippen LogP contribution in [-0.2, 0) is 27.3 Å². The topological polar surface area (TPSA) is 105 Å². The fourth-order valence-electron chi connectivity index (χ4n) is 4.35. The number of carboxylic acid groups (broad SMARTS) is 1. The average Bonchev–Trinajstić information content (AvgIpc) is 3.20. The maximum absolute atomic E-state index is 12.4. The molecule has 0 saturated carbocycles. The molecule has 0 spiro atoms. The minimum absolute atomic E-state index is 0.00261. The van der Waals surface area contributed by atoms with Gasteiger partial charge in [-0.25, -0.2) is 9.59 Å². The summed E-state index contributed by atoms with van der Waals surface area (Å²) in [7, 11) is 0. The van der Waals surface area contributed by atoms with Crippen LogP contribution in [0.4, 0.5) is 4.79 Å². The fourth-order valence-corrected chi connectivity index (χ4v) is 4.35. The molecule has 0 aliphatic heterocycles. The van der Waals surface area contributed by atoms with E-state index in [9.17, 15) is 19.5 Å². The van der Waals surface area contributed by atoms with E-state index >= 15 is 0 Å². The first-order chi connectivity index (χ1) is 17.0. The van der Waals surface area contributed by atoms with Crippen LogP contribution in [0.3, 0.4) is 0 Å². The number of carbonyl (C=O) groups excluding carboxylic acids is 2. The monoisotopic (exact) mass is 472 g/mol. The second-order valence-electron chi connectivity index (χ2n) is 8.51. The van der Waals surface area contributed by atoms with Crippen LogP contribution in [0.5, 0.6) is 0 Å². The molecule has 0 saturated heterocycles. The van der Waals surface area contributed by atoms with Crippen LogP contribution in [0.2, 0.25) is 0 Å². The number of amides is 2. The SMILES string of the molecule is CCC(=O)N[C@@H](Cc1ccc(CNC(=O)OCC2c3ccccc3-c3ccccc32)cc1)C(=O)O. The van der Waals surface area contributed by atoms with Crippen molar-refractivity contribution in [1.29, 1.82) is 0 Å². The molecular formula is C28H28N2O5. The Morgan fingerprint density at radius 3 is 2.03 bits per heavy atom. The molecule has 2 amide bonds. The van der Waals surface area contributed by atoms with Crippen molar-refractivity contribution in [3.8, 4) is 11.1 Å². The number of hydrogen-bond donors (Lipinski definition) is 3. The van der Waals surface area contributed by atoms with Gasteiger partial charge in [-0.2, -0.15) is 0 Å². The molecule has 3 aromatic rings. The Balaban J connectivity index is 1.29. The summed E-state index contributed by atoms with van der Waals surface area (Å²) in [5, 5.41) is 14.6. The van der Waals surface area contributed by atoms with E-state index in [0.29, 0.717) is 0 Å². The van der Waals surface area contributed by atoms with Crippen LogP contribution in [0, 0.1) is 0 Å². The zero-order valence-electron chi connectivity index (χ0n) is 19.5. The molecule has 7 heteroatoms. The number of nitrogens with one attached hydrogen (secondary N) is 2. The zero-order valence-corrected chi connectivity index (χ0v) is 19.5. The molecule has 35 heavy (non-hydrogen) atoms. The highest BCUT2D eigenvalue weighted by atomic mass is 16.5. The van der Waals surface area contributed by atoms with E-state index < -0.39 is 18.1 Å². The number of ether oxygens (including phenoxy) is 1. The van der Waals surface area contributed by atoms with Gasteiger partial charge in [-0.15, -0.1) is 0 Å². The van der Waals surface area contributed by atoms with Gasteiger partial charge in [-0.3, -0.25) is 4.79 Å². The summed E-state index contributed by atoms with van der Waals surface area (Å²) in [6.07, 6.45) is -0.0880. The van der Waals surface area contributed by atoms with Crippen LogP contribution in [-0.4, -0.2) is 35.7 Å². The van der Waals surface area contributed by atoms with Gasteiger partial charge in [0.15, 0.2) is 0 Å². The normalized spacial score (nSPS) is 12.8. The summed E-state index contributed by atoms with van der Waals surface area (Å²) in [4.78, 5) is 35.3. The van der Waals surface area contributed by atoms with Gasteiger partial charge in [-0.05, 0) is 33.4 Å². The van der Waals surface area contributed by atoms with Crippen LogP contribution in [0.1, 0.15) is 41.5 Å². The summed E-state index contributed by atoms with van der Waals surface area (Å²) >= 11 is 0. The minimum Gasteiger partial charge on any atom is -0.480 e. The number of fused-ring (bicyclic) bond motifs is 3. The lowest BCUT2D eigenvalue weighted by Gasteiger charge is -2.15. The van der Waals surface area contributed by atoms with Gasteiger partial charge >= 0.3 is 12.1 Å². The third-order valence-electron chi connectivity index (χ3n) is 6.20. The number of hydrogen-bond acceptors (Lipinski definition) is 4. The summed E-state index contributed by atoms with van der Waals surface area (Å²) in [5.74, 6) is -1.38. The van der Waals surface area contributed by atoms with E-state index in [1.807, 2.05) is 36.4 Å². The molecule has 1 aliphatic carbocycles. The molecule has 1 aliphatic rings. The van der Waals surface area contributed by atoms with Gasteiger partial charge in [0.25, 0.3) is 0 Å². The van der Waals surface area contributed by atoms with Crippen molar-refractivity contribution in [1.82, 2.24) is 10.6 Å². The molecule has 0 radical (unpaired) electrons. The number of rotatable bonds is 9. The summed E-state index contributed by atoms with van der Waals surface area (Å²) in [6.45, 7) is 2.21. The van der Waals surface area contributed by atoms with Gasteiger partial charge in [0.05, 0.1) is 0 Å². The lowest BCUT2D eigenvalue weighted by atomic mass is 9.98. The Labute approximate surface area is 204 Å². The average molecular weight is 473 g/mol. The zero-order chi connectivity index (χ0) is 24.8. The third kappa shape index (κ3) is 5.69. The molecule has 7 nitrogen and oxygen atoms in total. The van der Waals surface area contributed by atoms with Crippen molar-refractivity contribution >= 4 is 18.0 Å². The standard InChI is InChI=1S/C28H28N2O5/c1-2-26(31)30-25(27(32)33)15-18-11-13-19(14-12-18)16-29-28(34)35-17-24-22-9-5-3-7-20(22)21-8-4-6-10-23(21)24/h3-14,24-25H,2,15-17H2,1H3,(H,29,34)(H,30,31)(H,32,33)/t25-/m0/s1. The summed E-state index contributed by atoms with van der Waals surface area (Å²) in [5.41, 5.74) is 6.30. The van der Waals surface area contributed by atoms with Gasteiger partial charge in [-0.1, -0.05) is 79.7 Å². The molecule has 0 aromatic heterocycles. The Morgan fingerprint density at radius 2 is 1.46 bits per heavy atom. The minimum atomic E-state index is -1.08. The van der Waals surface area contributed by atoms with Gasteiger partial charge < -0.3 is 20.5 Å². The molecule has 0 unspecified atom stereocenters. The molecule has 1 atom stereocenters. The van der Waals surface area contributed by atoms with Crippen LogP contribution >= 0.6 is 0 Å². The van der Waals surface area contributed by atoms with E-state index in [1.54, 1.807) is 19.1 Å². The second kappa shape index (κ2) is 10.9. The van der Waals surface area contributed by atoms with Crippen LogP contribution in [0.15, 0.2) is 72.8 Å². The van der Waals surface area contributed by atoms with Crippen molar-refractivity contribution in [3.05, 3.63) is 95.1 Å². The van der Waals surface area contributed by atoms with E-state index in [1.165, 1.54) is 11.1 Å². The van der Waals surface area contributed by atoms with E-state index in [0.717, 1.165) is 22.3 Å². The first-order valence-electron chi connectivity index (χ1n) is 11.6. The highest BCUT2D eigenvalue weighted by Gasteiger charge is 2.29. The summed E-state index contributed by atoms with van der Waals surface area (Å²) in [6, 6.07) is 22.6. The first kappa shape index (κ1) is 24.0. The first-order valence-corrected chi connectivity index (χ1v) is 11.6. The molecular weight excluding hydrogens is 444 g/mol. The maximum atomic E-state index is 12.4. The Morgan fingerprint density at radius 1 is 0.886 bits per heavy atom. The summed E-state index contributed by atoms with van der Waals surface area (Å²) < 4.78 is 5.56. The number of benzene rings is 3. The molecule has 4 rings (SSSR count). The fraction of sp³-hybridized carbons (Fsp3) is 0.250. The lowest BCUT2D eigenvalue weighted by Crippen LogP contribution is -2.42. The third-order valence-corrected chi connectivity index (χ3v) is 6.20. The predicted molar refractivity (Wildman–Crippen MR) is 132 cm³/mol. The Kier molecular flexibility index (Phi) is 7.45. The highest BCUT2D eigenvalue weighted by Crippen LogP contribution is 2.44. The van der Waals surface area contributed by atoms with Crippen LogP contribution < -0.4 is 10.6 Å². The Hall–Kier alpha value is -4.13. The quantitative estimate of drug-likeness (QED) is 0.432. The molecule has 3 aromatic carbocycles. The lowest BCUT2D eigenvalue weighted by molar-refractivity contribution is -0.141. The van der Waals surface area contributed by atoms with Gasteiger partial charge in [0.1, 0.15) is 12.6 Å². The van der Waals surface area contributed by atoms with Crippen molar-refractivity contribution in [2.24, 2.45) is 0 Å². The van der Waals surface area contributed by atoms with E-state index in [-0.39, 0.29) is 37.8 Å². The molecule has 3 N–H and O–H groups in total.